The molecule has 0 unspecified atom stereocenters. The van der Waals surface area contributed by atoms with Crippen LogP contribution in [0.5, 0.6) is 5.75 Å². The third kappa shape index (κ3) is 5.59. The van der Waals surface area contributed by atoms with E-state index < -0.39 is 17.4 Å². The van der Waals surface area contributed by atoms with Gasteiger partial charge in [0.05, 0.1) is 16.8 Å². The first-order chi connectivity index (χ1) is 15.2. The summed E-state index contributed by atoms with van der Waals surface area (Å²) in [6.45, 7) is 3.68. The number of nitrogens with two attached hydrogens (primary N) is 1. The number of nitrogens with zero attached hydrogens (tertiary/aromatic N) is 1. The van der Waals surface area contributed by atoms with Crippen LogP contribution in [0, 0.1) is 17.6 Å². The van der Waals surface area contributed by atoms with Crippen molar-refractivity contribution in [2.45, 2.75) is 51.6 Å². The standard InChI is InChI=1S/C25H27F2N3O2.2ClH/c1-13(2)24(31)19-12-29-22-8-3-14(15-10-20(26)25(32)21(27)11-15)9-18(22)23(19)30-17-6-4-16(28)5-7-17;;/h3,8-13,16-17,32H,4-7,28H2,1-2H3,(H,29,30);2*1H/t16-,17-;;. The molecule has 1 fully saturated rings. The van der Waals surface area contributed by atoms with Crippen LogP contribution in [0.3, 0.4) is 0 Å². The molecule has 4 rings (SSSR count). The molecular weight excluding hydrogens is 483 g/mol. The van der Waals surface area contributed by atoms with E-state index in [0.717, 1.165) is 37.8 Å². The van der Waals surface area contributed by atoms with Crippen LogP contribution in [0.1, 0.15) is 49.9 Å². The molecule has 184 valence electrons. The van der Waals surface area contributed by atoms with E-state index in [1.165, 1.54) is 0 Å². The lowest BCUT2D eigenvalue weighted by Gasteiger charge is -2.29. The van der Waals surface area contributed by atoms with Crippen LogP contribution in [0.15, 0.2) is 36.5 Å². The number of carbonyl (C=O) groups excluding carboxylic acids is 1. The first kappa shape index (κ1) is 27.8. The summed E-state index contributed by atoms with van der Waals surface area (Å²) in [6, 6.07) is 7.81. The largest absolute Gasteiger partial charge is 0.503 e. The number of carbonyl (C=O) groups is 1. The number of halogens is 4. The van der Waals surface area contributed by atoms with E-state index in [0.29, 0.717) is 27.7 Å². The van der Waals surface area contributed by atoms with Crippen molar-refractivity contribution in [1.29, 1.82) is 0 Å². The summed E-state index contributed by atoms with van der Waals surface area (Å²) in [5.74, 6) is -3.30. The maximum absolute atomic E-state index is 13.9. The molecule has 1 aliphatic carbocycles. The number of pyridine rings is 1. The van der Waals surface area contributed by atoms with Crippen LogP contribution in [0.25, 0.3) is 22.0 Å². The number of hydrogen-bond donors (Lipinski definition) is 3. The van der Waals surface area contributed by atoms with Crippen LogP contribution in [0.2, 0.25) is 0 Å². The summed E-state index contributed by atoms with van der Waals surface area (Å²) in [6.07, 6.45) is 5.21. The van der Waals surface area contributed by atoms with Gasteiger partial charge in [-0.25, -0.2) is 8.78 Å². The molecule has 4 N–H and O–H groups in total. The zero-order valence-electron chi connectivity index (χ0n) is 19.0. The third-order valence-electron chi connectivity index (χ3n) is 6.13. The van der Waals surface area contributed by atoms with Gasteiger partial charge < -0.3 is 16.2 Å². The Morgan fingerprint density at radius 1 is 1.06 bits per heavy atom. The van der Waals surface area contributed by atoms with Crippen LogP contribution in [0.4, 0.5) is 14.5 Å². The Bertz CT molecular complexity index is 1160. The highest BCUT2D eigenvalue weighted by molar-refractivity contribution is 6.09. The number of anilines is 1. The first-order valence-electron chi connectivity index (χ1n) is 10.9. The minimum absolute atomic E-state index is 0. The molecule has 0 bridgehead atoms. The number of aromatic nitrogens is 1. The van der Waals surface area contributed by atoms with Crippen molar-refractivity contribution >= 4 is 47.2 Å². The first-order valence-corrected chi connectivity index (χ1v) is 10.9. The van der Waals surface area contributed by atoms with Gasteiger partial charge in [0.25, 0.3) is 0 Å². The second-order valence-electron chi connectivity index (χ2n) is 8.84. The van der Waals surface area contributed by atoms with Gasteiger partial charge in [0.15, 0.2) is 23.2 Å². The van der Waals surface area contributed by atoms with E-state index in [1.807, 2.05) is 13.8 Å². The summed E-state index contributed by atoms with van der Waals surface area (Å²) in [5, 5.41) is 13.7. The Kier molecular flexibility index (Phi) is 9.22. The average Bonchev–Trinajstić information content (AvgIpc) is 2.78. The zero-order valence-corrected chi connectivity index (χ0v) is 20.6. The Hall–Kier alpha value is -2.48. The van der Waals surface area contributed by atoms with E-state index >= 15 is 0 Å². The molecule has 0 spiro atoms. The number of phenolic OH excluding ortho intramolecular Hbond substituents is 1. The minimum atomic E-state index is -1.03. The lowest BCUT2D eigenvalue weighted by Crippen LogP contribution is -2.33. The second-order valence-corrected chi connectivity index (χ2v) is 8.84. The van der Waals surface area contributed by atoms with E-state index in [2.05, 4.69) is 10.3 Å². The van der Waals surface area contributed by atoms with Gasteiger partial charge in [0.2, 0.25) is 0 Å². The average molecular weight is 512 g/mol. The van der Waals surface area contributed by atoms with Crippen LogP contribution < -0.4 is 11.1 Å². The van der Waals surface area contributed by atoms with Crippen molar-refractivity contribution in [3.05, 3.63) is 53.7 Å². The Balaban J connectivity index is 0.00000204. The van der Waals surface area contributed by atoms with E-state index in [9.17, 15) is 18.7 Å². The quantitative estimate of drug-likeness (QED) is 0.352. The molecule has 34 heavy (non-hydrogen) atoms. The SMILES string of the molecule is CC(C)C(=O)c1cnc2ccc(-c3cc(F)c(O)c(F)c3)cc2c1N[C@H]1CC[C@H](N)CC1.Cl.Cl. The summed E-state index contributed by atoms with van der Waals surface area (Å²) in [7, 11) is 0. The number of nitrogens with one attached hydrogen (secondary N) is 1. The highest BCUT2D eigenvalue weighted by Gasteiger charge is 2.24. The zero-order chi connectivity index (χ0) is 23.0. The molecule has 1 heterocycles. The van der Waals surface area contributed by atoms with Gasteiger partial charge in [0.1, 0.15) is 0 Å². The van der Waals surface area contributed by atoms with Crippen molar-refractivity contribution in [2.24, 2.45) is 11.7 Å². The van der Waals surface area contributed by atoms with Crippen LogP contribution >= 0.6 is 24.8 Å². The van der Waals surface area contributed by atoms with Gasteiger partial charge in [0, 0.05) is 29.6 Å². The predicted molar refractivity (Wildman–Crippen MR) is 136 cm³/mol. The Morgan fingerprint density at radius 2 is 1.68 bits per heavy atom. The molecule has 9 heteroatoms. The highest BCUT2D eigenvalue weighted by Crippen LogP contribution is 2.35. The molecular formula is C25H29Cl2F2N3O2. The number of phenols is 1. The third-order valence-corrected chi connectivity index (χ3v) is 6.13. The topological polar surface area (TPSA) is 88.2 Å². The summed E-state index contributed by atoms with van der Waals surface area (Å²) in [4.78, 5) is 17.4. The molecule has 1 aliphatic rings. The Morgan fingerprint density at radius 3 is 2.26 bits per heavy atom. The van der Waals surface area contributed by atoms with Crippen LogP contribution in [-0.2, 0) is 0 Å². The molecule has 0 aliphatic heterocycles. The van der Waals surface area contributed by atoms with Crippen molar-refractivity contribution in [3.63, 3.8) is 0 Å². The fraction of sp³-hybridized carbons (Fsp3) is 0.360. The fourth-order valence-electron chi connectivity index (χ4n) is 4.23. The van der Waals surface area contributed by atoms with Gasteiger partial charge in [-0.05, 0) is 61.1 Å². The summed E-state index contributed by atoms with van der Waals surface area (Å²) < 4.78 is 27.9. The molecule has 1 aromatic heterocycles. The van der Waals surface area contributed by atoms with Gasteiger partial charge in [-0.2, -0.15) is 0 Å². The maximum atomic E-state index is 13.9. The van der Waals surface area contributed by atoms with Gasteiger partial charge in [-0.3, -0.25) is 9.78 Å². The monoisotopic (exact) mass is 511 g/mol. The minimum Gasteiger partial charge on any atom is -0.503 e. The predicted octanol–water partition coefficient (Wildman–Crippen LogP) is 6.25. The molecule has 0 amide bonds. The molecule has 0 atom stereocenters. The number of ketones is 1. The number of hydrogen-bond acceptors (Lipinski definition) is 5. The number of Topliss-reactive ketones (excluding diaryl/α,β-unsaturated/α-hetero) is 1. The number of rotatable bonds is 5. The molecule has 5 nitrogen and oxygen atoms in total. The van der Waals surface area contributed by atoms with Crippen molar-refractivity contribution in [2.75, 3.05) is 5.32 Å². The highest BCUT2D eigenvalue weighted by atomic mass is 35.5. The van der Waals surface area contributed by atoms with E-state index in [4.69, 9.17) is 5.73 Å². The Labute approximate surface area is 210 Å². The molecule has 3 aromatic rings. The van der Waals surface area contributed by atoms with Gasteiger partial charge >= 0.3 is 0 Å². The van der Waals surface area contributed by atoms with Crippen LogP contribution in [-0.4, -0.2) is 28.0 Å². The molecule has 1 saturated carbocycles. The van der Waals surface area contributed by atoms with E-state index in [-0.39, 0.29) is 54.2 Å². The number of benzene rings is 2. The number of aromatic hydroxyl groups is 1. The van der Waals surface area contributed by atoms with Gasteiger partial charge in [-0.15, -0.1) is 24.8 Å². The van der Waals surface area contributed by atoms with E-state index in [1.54, 1.807) is 24.4 Å². The summed E-state index contributed by atoms with van der Waals surface area (Å²) >= 11 is 0. The smallest absolute Gasteiger partial charge is 0.187 e. The second kappa shape index (κ2) is 11.3. The summed E-state index contributed by atoms with van der Waals surface area (Å²) in [5.41, 5.74) is 8.75. The maximum Gasteiger partial charge on any atom is 0.187 e. The molecule has 2 aromatic carbocycles. The molecule has 0 saturated heterocycles. The van der Waals surface area contributed by atoms with Crippen molar-refractivity contribution in [1.82, 2.24) is 4.98 Å². The van der Waals surface area contributed by atoms with Gasteiger partial charge in [-0.1, -0.05) is 19.9 Å². The lowest BCUT2D eigenvalue weighted by molar-refractivity contribution is 0.0940. The van der Waals surface area contributed by atoms with Crippen molar-refractivity contribution < 1.29 is 18.7 Å². The fourth-order valence-corrected chi connectivity index (χ4v) is 4.23. The van der Waals surface area contributed by atoms with Crippen molar-refractivity contribution in [3.8, 4) is 16.9 Å². The normalized spacial score (nSPS) is 17.7. The number of fused-ring (bicyclic) bond motifs is 1. The lowest BCUT2D eigenvalue weighted by atomic mass is 9.90. The molecule has 0 radical (unpaired) electrons.